The van der Waals surface area contributed by atoms with E-state index in [4.69, 9.17) is 4.74 Å². The molecular formula is C23H17FN2O3. The number of halogens is 1. The predicted octanol–water partition coefficient (Wildman–Crippen LogP) is 4.50. The minimum absolute atomic E-state index is 0.242. The van der Waals surface area contributed by atoms with Crippen molar-refractivity contribution in [2.75, 3.05) is 5.32 Å². The number of ether oxygens (including phenoxy) is 1. The lowest BCUT2D eigenvalue weighted by Gasteiger charge is -2.10. The zero-order chi connectivity index (χ0) is 20.2. The van der Waals surface area contributed by atoms with Crippen LogP contribution in [-0.4, -0.2) is 10.9 Å². The highest BCUT2D eigenvalue weighted by Gasteiger charge is 2.12. The first-order chi connectivity index (χ1) is 14.1. The fourth-order valence-electron chi connectivity index (χ4n) is 3.01. The van der Waals surface area contributed by atoms with Crippen molar-refractivity contribution in [3.8, 4) is 5.75 Å². The number of benzene rings is 3. The van der Waals surface area contributed by atoms with Gasteiger partial charge in [0.15, 0.2) is 0 Å². The van der Waals surface area contributed by atoms with Crippen LogP contribution in [0, 0.1) is 5.82 Å². The number of fused-ring (bicyclic) bond motifs is 1. The van der Waals surface area contributed by atoms with Crippen LogP contribution in [0.1, 0.15) is 15.9 Å². The van der Waals surface area contributed by atoms with Crippen molar-refractivity contribution in [2.45, 2.75) is 6.61 Å². The van der Waals surface area contributed by atoms with Gasteiger partial charge in [0.2, 0.25) is 0 Å². The first-order valence-electron chi connectivity index (χ1n) is 8.99. The van der Waals surface area contributed by atoms with Gasteiger partial charge in [-0.1, -0.05) is 36.4 Å². The zero-order valence-corrected chi connectivity index (χ0v) is 15.3. The molecule has 0 aliphatic rings. The molecule has 0 aliphatic heterocycles. The topological polar surface area (TPSA) is 71.2 Å². The summed E-state index contributed by atoms with van der Waals surface area (Å²) in [7, 11) is 0. The van der Waals surface area contributed by atoms with Crippen LogP contribution in [0.5, 0.6) is 5.75 Å². The van der Waals surface area contributed by atoms with Crippen molar-refractivity contribution in [3.63, 3.8) is 0 Å². The fraction of sp³-hybridized carbons (Fsp3) is 0.0435. The number of hydrogen-bond acceptors (Lipinski definition) is 3. The maximum absolute atomic E-state index is 13.0. The summed E-state index contributed by atoms with van der Waals surface area (Å²) < 4.78 is 18.7. The average Bonchev–Trinajstić information content (AvgIpc) is 2.74. The second-order valence-corrected chi connectivity index (χ2v) is 6.47. The molecule has 2 N–H and O–H groups in total. The van der Waals surface area contributed by atoms with E-state index in [0.29, 0.717) is 27.8 Å². The minimum Gasteiger partial charge on any atom is -0.489 e. The maximum Gasteiger partial charge on any atom is 0.257 e. The molecule has 0 fully saturated rings. The number of hydrogen-bond donors (Lipinski definition) is 2. The Hall–Kier alpha value is -3.93. The first-order valence-corrected chi connectivity index (χ1v) is 8.99. The summed E-state index contributed by atoms with van der Waals surface area (Å²) in [5.74, 6) is -0.0696. The van der Waals surface area contributed by atoms with E-state index >= 15 is 0 Å². The molecule has 4 aromatic rings. The molecule has 0 spiro atoms. The Morgan fingerprint density at radius 3 is 2.52 bits per heavy atom. The Balaban J connectivity index is 1.51. The van der Waals surface area contributed by atoms with E-state index in [1.165, 1.54) is 18.3 Å². The molecule has 5 nitrogen and oxygen atoms in total. The van der Waals surface area contributed by atoms with Crippen LogP contribution in [0.2, 0.25) is 0 Å². The molecular weight excluding hydrogens is 371 g/mol. The third kappa shape index (κ3) is 4.16. The van der Waals surface area contributed by atoms with Crippen LogP contribution in [0.15, 0.2) is 83.8 Å². The van der Waals surface area contributed by atoms with Crippen molar-refractivity contribution in [1.82, 2.24) is 4.98 Å². The highest BCUT2D eigenvalue weighted by Crippen LogP contribution is 2.21. The minimum atomic E-state index is -0.340. The van der Waals surface area contributed by atoms with E-state index < -0.39 is 0 Å². The van der Waals surface area contributed by atoms with Gasteiger partial charge in [-0.15, -0.1) is 0 Å². The molecule has 0 bridgehead atoms. The van der Waals surface area contributed by atoms with Crippen LogP contribution in [0.4, 0.5) is 10.1 Å². The molecule has 1 aromatic heterocycles. The van der Waals surface area contributed by atoms with Crippen molar-refractivity contribution >= 4 is 22.4 Å². The highest BCUT2D eigenvalue weighted by atomic mass is 19.1. The van der Waals surface area contributed by atoms with E-state index in [1.54, 1.807) is 60.7 Å². The number of pyridine rings is 1. The van der Waals surface area contributed by atoms with Gasteiger partial charge in [-0.3, -0.25) is 9.59 Å². The van der Waals surface area contributed by atoms with Gasteiger partial charge >= 0.3 is 0 Å². The number of carbonyl (C=O) groups excluding carboxylic acids is 1. The summed E-state index contributed by atoms with van der Waals surface area (Å²) in [6, 6.07) is 20.0. The second-order valence-electron chi connectivity index (χ2n) is 6.47. The summed E-state index contributed by atoms with van der Waals surface area (Å²) in [6.07, 6.45) is 1.41. The third-order valence-electron chi connectivity index (χ3n) is 4.46. The summed E-state index contributed by atoms with van der Waals surface area (Å²) in [4.78, 5) is 27.3. The molecule has 3 aromatic carbocycles. The maximum atomic E-state index is 13.0. The van der Waals surface area contributed by atoms with Gasteiger partial charge in [-0.05, 0) is 35.9 Å². The van der Waals surface area contributed by atoms with Crippen molar-refractivity contribution in [2.24, 2.45) is 0 Å². The summed E-state index contributed by atoms with van der Waals surface area (Å²) in [5, 5.41) is 3.86. The van der Waals surface area contributed by atoms with Gasteiger partial charge in [0, 0.05) is 28.7 Å². The van der Waals surface area contributed by atoms with Gasteiger partial charge in [-0.25, -0.2) is 4.39 Å². The SMILES string of the molecule is O=C(Nc1cccc(OCc2ccc(F)cc2)c1)c1c[nH]c(=O)c2ccccc12. The zero-order valence-electron chi connectivity index (χ0n) is 15.3. The molecule has 1 amide bonds. The molecule has 0 aliphatic carbocycles. The summed E-state index contributed by atoms with van der Waals surface area (Å²) >= 11 is 0. The van der Waals surface area contributed by atoms with Gasteiger partial charge in [-0.2, -0.15) is 0 Å². The molecule has 0 saturated carbocycles. The Morgan fingerprint density at radius 2 is 1.72 bits per heavy atom. The number of anilines is 1. The lowest BCUT2D eigenvalue weighted by Crippen LogP contribution is -2.16. The van der Waals surface area contributed by atoms with Crippen molar-refractivity contribution in [3.05, 3.63) is 106 Å². The van der Waals surface area contributed by atoms with Crippen LogP contribution >= 0.6 is 0 Å². The summed E-state index contributed by atoms with van der Waals surface area (Å²) in [6.45, 7) is 0.280. The average molecular weight is 388 g/mol. The van der Waals surface area contributed by atoms with Gasteiger partial charge in [0.25, 0.3) is 11.5 Å². The van der Waals surface area contributed by atoms with Crippen LogP contribution in [-0.2, 0) is 6.61 Å². The molecule has 0 atom stereocenters. The van der Waals surface area contributed by atoms with Crippen LogP contribution < -0.4 is 15.6 Å². The molecule has 1 heterocycles. The first kappa shape index (κ1) is 18.4. The third-order valence-corrected chi connectivity index (χ3v) is 4.46. The number of H-pyrrole nitrogens is 1. The molecule has 6 heteroatoms. The number of aromatic amines is 1. The number of aromatic nitrogens is 1. The monoisotopic (exact) mass is 388 g/mol. The van der Waals surface area contributed by atoms with E-state index in [2.05, 4.69) is 10.3 Å². The Bertz CT molecular complexity index is 1230. The molecule has 0 saturated heterocycles. The van der Waals surface area contributed by atoms with Crippen molar-refractivity contribution in [1.29, 1.82) is 0 Å². The lowest BCUT2D eigenvalue weighted by atomic mass is 10.1. The predicted molar refractivity (Wildman–Crippen MR) is 110 cm³/mol. The van der Waals surface area contributed by atoms with Gasteiger partial charge in [0.1, 0.15) is 18.2 Å². The quantitative estimate of drug-likeness (QED) is 0.529. The molecule has 0 radical (unpaired) electrons. The number of rotatable bonds is 5. The largest absolute Gasteiger partial charge is 0.489 e. The van der Waals surface area contributed by atoms with E-state index in [0.717, 1.165) is 5.56 Å². The fourth-order valence-corrected chi connectivity index (χ4v) is 3.01. The molecule has 29 heavy (non-hydrogen) atoms. The molecule has 144 valence electrons. The Labute approximate surface area is 165 Å². The number of amides is 1. The van der Waals surface area contributed by atoms with Crippen LogP contribution in [0.25, 0.3) is 10.8 Å². The second kappa shape index (κ2) is 7.98. The standard InChI is InChI=1S/C23H17FN2O3/c24-16-10-8-15(9-11-16)14-29-18-5-3-4-17(12-18)26-23(28)21-13-25-22(27)20-7-2-1-6-19(20)21/h1-13H,14H2,(H,25,27)(H,26,28). The lowest BCUT2D eigenvalue weighted by molar-refractivity contribution is 0.102. The highest BCUT2D eigenvalue weighted by molar-refractivity contribution is 6.12. The number of carbonyl (C=O) groups is 1. The number of nitrogens with one attached hydrogen (secondary N) is 2. The Kier molecular flexibility index (Phi) is 5.07. The Morgan fingerprint density at radius 1 is 0.966 bits per heavy atom. The summed E-state index contributed by atoms with van der Waals surface area (Å²) in [5.41, 5.74) is 1.52. The molecule has 4 rings (SSSR count). The van der Waals surface area contributed by atoms with E-state index in [9.17, 15) is 14.0 Å². The smallest absolute Gasteiger partial charge is 0.257 e. The van der Waals surface area contributed by atoms with Gasteiger partial charge < -0.3 is 15.0 Å². The molecule has 0 unspecified atom stereocenters. The van der Waals surface area contributed by atoms with Crippen molar-refractivity contribution < 1.29 is 13.9 Å². The van der Waals surface area contributed by atoms with Crippen LogP contribution in [0.3, 0.4) is 0 Å². The van der Waals surface area contributed by atoms with E-state index in [1.807, 2.05) is 0 Å². The normalized spacial score (nSPS) is 10.7. The van der Waals surface area contributed by atoms with E-state index in [-0.39, 0.29) is 23.9 Å². The van der Waals surface area contributed by atoms with Gasteiger partial charge in [0.05, 0.1) is 5.56 Å².